The molecule has 18 heavy (non-hydrogen) atoms. The van der Waals surface area contributed by atoms with Crippen LogP contribution >= 0.6 is 11.6 Å². The molecule has 7 heteroatoms. The molecule has 0 saturated carbocycles. The molecular formula is C11H14ClF3N2O. The Morgan fingerprint density at radius 1 is 1.50 bits per heavy atom. The summed E-state index contributed by atoms with van der Waals surface area (Å²) in [6.45, 7) is 0.675. The van der Waals surface area contributed by atoms with Gasteiger partial charge in [0.2, 0.25) is 0 Å². The fraction of sp³-hybridized carbons (Fsp3) is 0.545. The van der Waals surface area contributed by atoms with E-state index < -0.39 is 11.7 Å². The Labute approximate surface area is 109 Å². The van der Waals surface area contributed by atoms with Crippen molar-refractivity contribution in [3.05, 3.63) is 23.9 Å². The van der Waals surface area contributed by atoms with Crippen LogP contribution < -0.4 is 4.90 Å². The molecule has 1 atom stereocenters. The molecule has 0 amide bonds. The zero-order chi connectivity index (χ0) is 13.8. The lowest BCUT2D eigenvalue weighted by Crippen LogP contribution is -2.29. The quantitative estimate of drug-likeness (QED) is 0.777. The summed E-state index contributed by atoms with van der Waals surface area (Å²) in [4.78, 5) is 5.45. The summed E-state index contributed by atoms with van der Waals surface area (Å²) in [6, 6.07) is 1.93. The Hall–Kier alpha value is -1.01. The highest BCUT2D eigenvalue weighted by Crippen LogP contribution is 2.30. The predicted molar refractivity (Wildman–Crippen MR) is 64.0 cm³/mol. The molecule has 0 aromatic carbocycles. The van der Waals surface area contributed by atoms with Crippen LogP contribution in [0, 0.1) is 0 Å². The van der Waals surface area contributed by atoms with E-state index in [1.807, 2.05) is 0 Å². The normalized spacial score (nSPS) is 13.4. The van der Waals surface area contributed by atoms with Crippen molar-refractivity contribution < 1.29 is 17.9 Å². The topological polar surface area (TPSA) is 25.4 Å². The van der Waals surface area contributed by atoms with Crippen LogP contribution in [0.4, 0.5) is 19.0 Å². The summed E-state index contributed by atoms with van der Waals surface area (Å²) in [5, 5.41) is -0.309. The van der Waals surface area contributed by atoms with Gasteiger partial charge in [0, 0.05) is 26.9 Å². The second-order valence-electron chi connectivity index (χ2n) is 3.83. The number of pyridine rings is 1. The molecule has 0 aliphatic heterocycles. The van der Waals surface area contributed by atoms with Crippen molar-refractivity contribution in [2.75, 3.05) is 32.2 Å². The standard InChI is InChI=1S/C11H14ClF3N2O/c1-17(6-9(12)7-18-2)10-5-8(3-4-16-10)11(13,14)15/h3-5,9H,6-7H2,1-2H3. The number of hydrogen-bond donors (Lipinski definition) is 0. The van der Waals surface area contributed by atoms with Crippen molar-refractivity contribution in [2.24, 2.45) is 0 Å². The average molecular weight is 283 g/mol. The molecule has 0 saturated heterocycles. The highest BCUT2D eigenvalue weighted by molar-refractivity contribution is 6.21. The maximum absolute atomic E-state index is 12.5. The van der Waals surface area contributed by atoms with Gasteiger partial charge >= 0.3 is 6.18 Å². The van der Waals surface area contributed by atoms with E-state index in [1.165, 1.54) is 7.11 Å². The smallest absolute Gasteiger partial charge is 0.383 e. The van der Waals surface area contributed by atoms with Gasteiger partial charge in [-0.2, -0.15) is 13.2 Å². The van der Waals surface area contributed by atoms with Crippen molar-refractivity contribution in [1.82, 2.24) is 4.98 Å². The van der Waals surface area contributed by atoms with Crippen molar-refractivity contribution in [3.8, 4) is 0 Å². The molecule has 1 heterocycles. The number of hydrogen-bond acceptors (Lipinski definition) is 3. The maximum atomic E-state index is 12.5. The number of nitrogens with zero attached hydrogens (tertiary/aromatic N) is 2. The first kappa shape index (κ1) is 15.0. The Bertz CT molecular complexity index is 387. The Kier molecular flexibility index (Phi) is 5.22. The number of methoxy groups -OCH3 is 1. The minimum absolute atomic E-state index is 0.228. The van der Waals surface area contributed by atoms with E-state index in [0.717, 1.165) is 18.3 Å². The van der Waals surface area contributed by atoms with Crippen molar-refractivity contribution >= 4 is 17.4 Å². The highest BCUT2D eigenvalue weighted by Gasteiger charge is 2.31. The van der Waals surface area contributed by atoms with Gasteiger partial charge in [-0.3, -0.25) is 0 Å². The van der Waals surface area contributed by atoms with E-state index in [2.05, 4.69) is 4.98 Å². The van der Waals surface area contributed by atoms with Crippen molar-refractivity contribution in [1.29, 1.82) is 0 Å². The summed E-state index contributed by atoms with van der Waals surface area (Å²) in [7, 11) is 3.14. The zero-order valence-electron chi connectivity index (χ0n) is 10.0. The van der Waals surface area contributed by atoms with Gasteiger partial charge in [0.25, 0.3) is 0 Å². The number of aromatic nitrogens is 1. The van der Waals surface area contributed by atoms with Crippen LogP contribution in [0.15, 0.2) is 18.3 Å². The predicted octanol–water partition coefficient (Wildman–Crippen LogP) is 2.79. The SMILES string of the molecule is COCC(Cl)CN(C)c1cc(C(F)(F)F)ccn1. The summed E-state index contributed by atoms with van der Waals surface area (Å²) >= 11 is 5.94. The Balaban J connectivity index is 2.77. The van der Waals surface area contributed by atoms with E-state index in [9.17, 15) is 13.2 Å². The molecule has 0 aliphatic rings. The average Bonchev–Trinajstić information content (AvgIpc) is 2.28. The number of halogens is 4. The first-order chi connectivity index (χ1) is 8.34. The fourth-order valence-corrected chi connectivity index (χ4v) is 1.76. The Morgan fingerprint density at radius 2 is 2.17 bits per heavy atom. The minimum atomic E-state index is -4.37. The third kappa shape index (κ3) is 4.34. The minimum Gasteiger partial charge on any atom is -0.383 e. The maximum Gasteiger partial charge on any atom is 0.416 e. The molecule has 0 spiro atoms. The van der Waals surface area contributed by atoms with Crippen molar-refractivity contribution in [3.63, 3.8) is 0 Å². The molecule has 1 aromatic rings. The van der Waals surface area contributed by atoms with Crippen LogP contribution in [-0.2, 0) is 10.9 Å². The molecule has 0 radical (unpaired) electrons. The van der Waals surface area contributed by atoms with Crippen LogP contribution in [0.25, 0.3) is 0 Å². The first-order valence-electron chi connectivity index (χ1n) is 5.22. The second-order valence-corrected chi connectivity index (χ2v) is 4.45. The van der Waals surface area contributed by atoms with Gasteiger partial charge in [0.1, 0.15) is 5.82 Å². The van der Waals surface area contributed by atoms with Crippen LogP contribution in [0.3, 0.4) is 0 Å². The first-order valence-corrected chi connectivity index (χ1v) is 5.65. The third-order valence-corrected chi connectivity index (χ3v) is 2.55. The number of rotatable bonds is 5. The molecule has 102 valence electrons. The van der Waals surface area contributed by atoms with Crippen molar-refractivity contribution in [2.45, 2.75) is 11.6 Å². The van der Waals surface area contributed by atoms with E-state index >= 15 is 0 Å². The summed E-state index contributed by atoms with van der Waals surface area (Å²) in [5.41, 5.74) is -0.725. The lowest BCUT2D eigenvalue weighted by Gasteiger charge is -2.21. The van der Waals surface area contributed by atoms with Gasteiger partial charge in [-0.15, -0.1) is 11.6 Å². The highest BCUT2D eigenvalue weighted by atomic mass is 35.5. The monoisotopic (exact) mass is 282 g/mol. The van der Waals surface area contributed by atoms with Crippen LogP contribution in [0.2, 0.25) is 0 Å². The second kappa shape index (κ2) is 6.24. The largest absolute Gasteiger partial charge is 0.416 e. The number of anilines is 1. The molecule has 1 rings (SSSR count). The molecule has 0 N–H and O–H groups in total. The number of alkyl halides is 4. The van der Waals surface area contributed by atoms with E-state index in [1.54, 1.807) is 11.9 Å². The fourth-order valence-electron chi connectivity index (χ4n) is 1.43. The summed E-state index contributed by atoms with van der Waals surface area (Å²) in [5.74, 6) is 0.228. The molecular weight excluding hydrogens is 269 g/mol. The molecule has 1 aromatic heterocycles. The van der Waals surface area contributed by atoms with Gasteiger partial charge in [-0.05, 0) is 12.1 Å². The van der Waals surface area contributed by atoms with E-state index in [0.29, 0.717) is 13.2 Å². The lowest BCUT2D eigenvalue weighted by molar-refractivity contribution is -0.137. The van der Waals surface area contributed by atoms with Crippen LogP contribution in [0.5, 0.6) is 0 Å². The van der Waals surface area contributed by atoms with Gasteiger partial charge in [-0.1, -0.05) is 0 Å². The molecule has 0 bridgehead atoms. The van der Waals surface area contributed by atoms with Gasteiger partial charge in [-0.25, -0.2) is 4.98 Å². The third-order valence-electron chi connectivity index (χ3n) is 2.28. The summed E-state index contributed by atoms with van der Waals surface area (Å²) < 4.78 is 42.4. The van der Waals surface area contributed by atoms with Crippen LogP contribution in [-0.4, -0.2) is 37.7 Å². The molecule has 0 fully saturated rings. The zero-order valence-corrected chi connectivity index (χ0v) is 10.8. The summed E-state index contributed by atoms with van der Waals surface area (Å²) in [6.07, 6.45) is -3.24. The van der Waals surface area contributed by atoms with Gasteiger partial charge < -0.3 is 9.64 Å². The molecule has 3 nitrogen and oxygen atoms in total. The van der Waals surface area contributed by atoms with E-state index in [-0.39, 0.29) is 11.2 Å². The van der Waals surface area contributed by atoms with Gasteiger partial charge in [0.15, 0.2) is 0 Å². The number of ether oxygens (including phenoxy) is 1. The lowest BCUT2D eigenvalue weighted by atomic mass is 10.2. The Morgan fingerprint density at radius 3 is 2.72 bits per heavy atom. The van der Waals surface area contributed by atoms with Gasteiger partial charge in [0.05, 0.1) is 17.5 Å². The van der Waals surface area contributed by atoms with Crippen LogP contribution in [0.1, 0.15) is 5.56 Å². The van der Waals surface area contributed by atoms with E-state index in [4.69, 9.17) is 16.3 Å². The molecule has 0 aliphatic carbocycles. The molecule has 1 unspecified atom stereocenters.